The molecule has 0 aromatic heterocycles. The molecule has 0 radical (unpaired) electrons. The van der Waals surface area contributed by atoms with E-state index in [9.17, 15) is 0 Å². The number of hydrogen-bond donors (Lipinski definition) is 2. The molecule has 0 aliphatic rings. The van der Waals surface area contributed by atoms with Crippen LogP contribution in [0.5, 0.6) is 5.75 Å². The topological polar surface area (TPSA) is 49.7 Å². The van der Waals surface area contributed by atoms with Crippen LogP contribution >= 0.6 is 0 Å². The molecule has 108 valence electrons. The molecule has 0 aliphatic carbocycles. The average molecular weight is 312 g/mol. The molecular formula is C18H14BNaO3. The molecule has 0 fully saturated rings. The molecule has 4 aromatic rings. The van der Waals surface area contributed by atoms with Crippen LogP contribution < -0.4 is 34.2 Å². The van der Waals surface area contributed by atoms with Gasteiger partial charge in [-0.2, -0.15) is 0 Å². The van der Waals surface area contributed by atoms with Crippen molar-refractivity contribution in [2.45, 2.75) is 0 Å². The van der Waals surface area contributed by atoms with Gasteiger partial charge in [-0.1, -0.05) is 48.5 Å². The Kier molecular flexibility index (Phi) is 4.62. The van der Waals surface area contributed by atoms with Gasteiger partial charge >= 0.3 is 36.9 Å². The van der Waals surface area contributed by atoms with Crippen LogP contribution in [0, 0.1) is 0 Å². The van der Waals surface area contributed by atoms with Crippen molar-refractivity contribution >= 4 is 39.6 Å². The van der Waals surface area contributed by atoms with Crippen LogP contribution in [-0.2, 0) is 0 Å². The quantitative estimate of drug-likeness (QED) is 0.324. The van der Waals surface area contributed by atoms with Gasteiger partial charge in [-0.25, -0.2) is 0 Å². The van der Waals surface area contributed by atoms with E-state index in [0.29, 0.717) is 5.75 Å². The van der Waals surface area contributed by atoms with Gasteiger partial charge in [0.2, 0.25) is 0 Å². The summed E-state index contributed by atoms with van der Waals surface area (Å²) in [5, 5.41) is 24.6. The van der Waals surface area contributed by atoms with Gasteiger partial charge in [0.25, 0.3) is 0 Å². The zero-order valence-corrected chi connectivity index (χ0v) is 14.7. The molecule has 23 heavy (non-hydrogen) atoms. The molecule has 0 spiro atoms. The van der Waals surface area contributed by atoms with Crippen molar-refractivity contribution in [1.29, 1.82) is 0 Å². The average Bonchev–Trinajstić information content (AvgIpc) is 2.52. The van der Waals surface area contributed by atoms with Crippen LogP contribution in [0.2, 0.25) is 0 Å². The molecule has 0 atom stereocenters. The summed E-state index contributed by atoms with van der Waals surface area (Å²) in [6.07, 6.45) is 0. The van der Waals surface area contributed by atoms with Crippen LogP contribution in [0.4, 0.5) is 0 Å². The monoisotopic (exact) mass is 312 g/mol. The van der Waals surface area contributed by atoms with E-state index in [4.69, 9.17) is 14.7 Å². The summed E-state index contributed by atoms with van der Waals surface area (Å²) < 4.78 is 5.16. The van der Waals surface area contributed by atoms with Gasteiger partial charge < -0.3 is 16.1 Å². The summed E-state index contributed by atoms with van der Waals surface area (Å²) >= 11 is 0. The normalized spacial score (nSPS) is 10.7. The van der Waals surface area contributed by atoms with Crippen molar-refractivity contribution in [3.8, 4) is 5.75 Å². The third-order valence-corrected chi connectivity index (χ3v) is 3.92. The van der Waals surface area contributed by atoms with Crippen LogP contribution in [0.25, 0.3) is 32.3 Å². The third kappa shape index (κ3) is 2.96. The van der Waals surface area contributed by atoms with Gasteiger partial charge in [0.15, 0.2) is 0 Å². The second-order valence-electron chi connectivity index (χ2n) is 5.28. The van der Waals surface area contributed by atoms with Crippen molar-refractivity contribution in [3.05, 3.63) is 66.7 Å². The molecule has 3 nitrogen and oxygen atoms in total. The Labute approximate surface area is 157 Å². The van der Waals surface area contributed by atoms with E-state index in [1.807, 2.05) is 30.3 Å². The maximum Gasteiger partial charge on any atom is 1.00 e. The first-order valence-corrected chi connectivity index (χ1v) is 7.09. The molecule has 2 N–H and O–H groups in total. The minimum absolute atomic E-state index is 0. The van der Waals surface area contributed by atoms with E-state index in [1.54, 1.807) is 6.07 Å². The van der Waals surface area contributed by atoms with Crippen molar-refractivity contribution in [3.63, 3.8) is 0 Å². The van der Waals surface area contributed by atoms with Gasteiger partial charge in [0.1, 0.15) is 5.75 Å². The summed E-state index contributed by atoms with van der Waals surface area (Å²) in [6.45, 7) is 0. The fourth-order valence-electron chi connectivity index (χ4n) is 2.98. The van der Waals surface area contributed by atoms with Crippen molar-refractivity contribution in [2.75, 3.05) is 0 Å². The molecule has 0 saturated carbocycles. The largest absolute Gasteiger partial charge is 1.00 e. The minimum Gasteiger partial charge on any atom is -1.00 e. The van der Waals surface area contributed by atoms with Gasteiger partial charge in [-0.3, -0.25) is 0 Å². The van der Waals surface area contributed by atoms with E-state index in [1.165, 1.54) is 5.39 Å². The maximum absolute atomic E-state index is 9.14. The van der Waals surface area contributed by atoms with Crippen LogP contribution in [0.1, 0.15) is 1.43 Å². The number of benzene rings is 4. The van der Waals surface area contributed by atoms with Crippen molar-refractivity contribution < 1.29 is 45.7 Å². The van der Waals surface area contributed by atoms with Crippen LogP contribution in [0.15, 0.2) is 66.7 Å². The minimum atomic E-state index is -1.83. The Balaban J connectivity index is 0.00000104. The molecule has 0 bridgehead atoms. The fourth-order valence-corrected chi connectivity index (χ4v) is 2.98. The van der Waals surface area contributed by atoms with Crippen LogP contribution in [0.3, 0.4) is 0 Å². The molecule has 0 saturated heterocycles. The summed E-state index contributed by atoms with van der Waals surface area (Å²) in [4.78, 5) is 0. The molecule has 0 amide bonds. The summed E-state index contributed by atoms with van der Waals surface area (Å²) in [5.74, 6) is 0.466. The number of rotatable bonds is 2. The smallest absolute Gasteiger partial charge is 1.00 e. The van der Waals surface area contributed by atoms with Crippen molar-refractivity contribution in [1.82, 2.24) is 0 Å². The second-order valence-corrected chi connectivity index (χ2v) is 5.28. The Morgan fingerprint density at radius 1 is 0.739 bits per heavy atom. The third-order valence-electron chi connectivity index (χ3n) is 3.92. The number of hydrogen-bond acceptors (Lipinski definition) is 3. The molecule has 0 aliphatic heterocycles. The molecule has 0 unspecified atom stereocenters. The Bertz CT molecular complexity index is 1010. The Morgan fingerprint density at radius 2 is 1.39 bits per heavy atom. The van der Waals surface area contributed by atoms with Gasteiger partial charge in [-0.05, 0) is 45.1 Å². The second kappa shape index (κ2) is 6.52. The van der Waals surface area contributed by atoms with E-state index >= 15 is 0 Å². The van der Waals surface area contributed by atoms with Crippen molar-refractivity contribution in [2.24, 2.45) is 0 Å². The van der Waals surface area contributed by atoms with Gasteiger partial charge in [0.05, 0.1) is 0 Å². The zero-order chi connectivity index (χ0) is 15.1. The summed E-state index contributed by atoms with van der Waals surface area (Å²) in [6, 6.07) is 22.1. The van der Waals surface area contributed by atoms with E-state index in [0.717, 1.165) is 26.9 Å². The predicted octanol–water partition coefficient (Wildman–Crippen LogP) is 0.611. The first-order valence-electron chi connectivity index (χ1n) is 7.09. The maximum atomic E-state index is 9.14. The van der Waals surface area contributed by atoms with E-state index < -0.39 is 7.32 Å². The van der Waals surface area contributed by atoms with Gasteiger partial charge in [0, 0.05) is 5.39 Å². The fraction of sp³-hybridized carbons (Fsp3) is 0. The molecule has 4 rings (SSSR count). The molecular weight excluding hydrogens is 298 g/mol. The van der Waals surface area contributed by atoms with E-state index in [-0.39, 0.29) is 31.0 Å². The molecule has 0 heterocycles. The Hall–Kier alpha value is -1.56. The zero-order valence-electron chi connectivity index (χ0n) is 13.7. The predicted molar refractivity (Wildman–Crippen MR) is 90.9 cm³/mol. The van der Waals surface area contributed by atoms with E-state index in [2.05, 4.69) is 30.3 Å². The first-order chi connectivity index (χ1) is 10.7. The molecule has 5 heteroatoms. The summed E-state index contributed by atoms with van der Waals surface area (Å²) in [7, 11) is -1.83. The summed E-state index contributed by atoms with van der Waals surface area (Å²) in [5.41, 5.74) is 0. The molecule has 4 aromatic carbocycles. The first kappa shape index (κ1) is 16.3. The van der Waals surface area contributed by atoms with Gasteiger partial charge in [-0.15, -0.1) is 0 Å². The Morgan fingerprint density at radius 3 is 2.13 bits per heavy atom. The standard InChI is InChI=1S/C18H13BO3.Na.H/c20-19(21)22-17-7-3-6-12-8-9-15-10-13-4-1-2-5-14(13)11-16(15)18(12)17;;/h1-11,20-21H;;/q;+1;-1. The number of fused-ring (bicyclic) bond motifs is 4. The van der Waals surface area contributed by atoms with Crippen LogP contribution in [-0.4, -0.2) is 17.4 Å². The SMILES string of the molecule is OB(O)Oc1cccc2ccc3cc4ccccc4cc3c12.[H-].[Na+].